The van der Waals surface area contributed by atoms with Gasteiger partial charge in [0, 0.05) is 0 Å². The summed E-state index contributed by atoms with van der Waals surface area (Å²) in [6, 6.07) is 2.04. The fourth-order valence-corrected chi connectivity index (χ4v) is 2.60. The SMILES string of the molecule is Cc1cc(Br)sc1-c1nnn[nH]1. The lowest BCUT2D eigenvalue weighted by molar-refractivity contribution is 0.881. The van der Waals surface area contributed by atoms with E-state index in [1.807, 2.05) is 13.0 Å². The molecule has 2 rings (SSSR count). The molecule has 0 saturated carbocycles. The molecule has 12 heavy (non-hydrogen) atoms. The third-order valence-corrected chi connectivity index (χ3v) is 3.19. The van der Waals surface area contributed by atoms with Crippen LogP contribution in [-0.2, 0) is 0 Å². The van der Waals surface area contributed by atoms with Crippen LogP contribution in [0.5, 0.6) is 0 Å². The summed E-state index contributed by atoms with van der Waals surface area (Å²) in [7, 11) is 0. The maximum atomic E-state index is 3.83. The number of aryl methyl sites for hydroxylation is 1. The van der Waals surface area contributed by atoms with Crippen LogP contribution in [-0.4, -0.2) is 20.6 Å². The van der Waals surface area contributed by atoms with Crippen molar-refractivity contribution in [2.75, 3.05) is 0 Å². The van der Waals surface area contributed by atoms with E-state index in [1.165, 1.54) is 5.56 Å². The quantitative estimate of drug-likeness (QED) is 0.835. The molecule has 0 aliphatic carbocycles. The number of thiophene rings is 1. The van der Waals surface area contributed by atoms with Gasteiger partial charge in [-0.1, -0.05) is 0 Å². The van der Waals surface area contributed by atoms with Gasteiger partial charge in [0.2, 0.25) is 0 Å². The lowest BCUT2D eigenvalue weighted by Crippen LogP contribution is -1.77. The van der Waals surface area contributed by atoms with E-state index < -0.39 is 0 Å². The first kappa shape index (κ1) is 7.88. The molecule has 0 aliphatic heterocycles. The Balaban J connectivity index is 2.54. The highest BCUT2D eigenvalue weighted by molar-refractivity contribution is 9.11. The van der Waals surface area contributed by atoms with Gasteiger partial charge in [-0.3, -0.25) is 0 Å². The van der Waals surface area contributed by atoms with Crippen LogP contribution < -0.4 is 0 Å². The number of tetrazole rings is 1. The van der Waals surface area contributed by atoms with E-state index in [2.05, 4.69) is 36.6 Å². The molecule has 1 N–H and O–H groups in total. The number of rotatable bonds is 1. The van der Waals surface area contributed by atoms with E-state index in [0.29, 0.717) is 0 Å². The first-order valence-corrected chi connectivity index (χ1v) is 4.88. The zero-order valence-corrected chi connectivity index (χ0v) is 8.61. The monoisotopic (exact) mass is 244 g/mol. The fourth-order valence-electron chi connectivity index (χ4n) is 0.934. The van der Waals surface area contributed by atoms with Crippen molar-refractivity contribution in [1.29, 1.82) is 0 Å². The standard InChI is InChI=1S/C6H5BrN4S/c1-3-2-4(7)12-5(3)6-8-10-11-9-6/h2H,1H3,(H,8,9,10,11). The number of hydrogen-bond donors (Lipinski definition) is 1. The number of halogens is 1. The Kier molecular flexibility index (Phi) is 1.93. The van der Waals surface area contributed by atoms with Crippen LogP contribution in [0.1, 0.15) is 5.56 Å². The average molecular weight is 245 g/mol. The average Bonchev–Trinajstić information content (AvgIpc) is 2.58. The number of nitrogens with zero attached hydrogens (tertiary/aromatic N) is 3. The van der Waals surface area contributed by atoms with Gasteiger partial charge in [0.15, 0.2) is 5.82 Å². The van der Waals surface area contributed by atoms with Gasteiger partial charge in [0.25, 0.3) is 0 Å². The molecule has 0 atom stereocenters. The van der Waals surface area contributed by atoms with Crippen molar-refractivity contribution < 1.29 is 0 Å². The first-order chi connectivity index (χ1) is 5.77. The van der Waals surface area contributed by atoms with Gasteiger partial charge in [-0.15, -0.1) is 16.4 Å². The van der Waals surface area contributed by atoms with E-state index in [0.717, 1.165) is 14.5 Å². The topological polar surface area (TPSA) is 54.5 Å². The molecule has 0 unspecified atom stereocenters. The number of hydrogen-bond acceptors (Lipinski definition) is 4. The maximum Gasteiger partial charge on any atom is 0.189 e. The zero-order chi connectivity index (χ0) is 8.55. The third-order valence-electron chi connectivity index (χ3n) is 1.45. The van der Waals surface area contributed by atoms with Crippen LogP contribution in [0.4, 0.5) is 0 Å². The van der Waals surface area contributed by atoms with Crippen molar-refractivity contribution in [3.8, 4) is 10.7 Å². The van der Waals surface area contributed by atoms with Gasteiger partial charge in [0.1, 0.15) is 0 Å². The Morgan fingerprint density at radius 1 is 1.58 bits per heavy atom. The molecule has 2 aromatic heterocycles. The lowest BCUT2D eigenvalue weighted by atomic mass is 10.3. The number of aromatic nitrogens is 4. The predicted octanol–water partition coefficient (Wildman–Crippen LogP) is 2.00. The van der Waals surface area contributed by atoms with E-state index in [1.54, 1.807) is 11.3 Å². The van der Waals surface area contributed by atoms with Crippen molar-refractivity contribution in [3.05, 3.63) is 15.4 Å². The molecular weight excluding hydrogens is 240 g/mol. The summed E-state index contributed by atoms with van der Waals surface area (Å²) in [6.07, 6.45) is 0. The van der Waals surface area contributed by atoms with Crippen molar-refractivity contribution in [3.63, 3.8) is 0 Å². The summed E-state index contributed by atoms with van der Waals surface area (Å²) in [5.41, 5.74) is 1.17. The molecule has 2 aromatic rings. The zero-order valence-electron chi connectivity index (χ0n) is 6.21. The molecule has 0 radical (unpaired) electrons. The predicted molar refractivity (Wildman–Crippen MR) is 49.9 cm³/mol. The first-order valence-electron chi connectivity index (χ1n) is 3.27. The van der Waals surface area contributed by atoms with Crippen LogP contribution in [0, 0.1) is 6.92 Å². The number of nitrogens with one attached hydrogen (secondary N) is 1. The van der Waals surface area contributed by atoms with Gasteiger partial charge in [0.05, 0.1) is 8.66 Å². The van der Waals surface area contributed by atoms with Crippen molar-refractivity contribution in [1.82, 2.24) is 20.6 Å². The van der Waals surface area contributed by atoms with Crippen molar-refractivity contribution in [2.24, 2.45) is 0 Å². The third kappa shape index (κ3) is 1.27. The van der Waals surface area contributed by atoms with E-state index in [9.17, 15) is 0 Å². The second kappa shape index (κ2) is 2.95. The van der Waals surface area contributed by atoms with E-state index in [-0.39, 0.29) is 0 Å². The molecule has 62 valence electrons. The molecule has 0 aromatic carbocycles. The summed E-state index contributed by atoms with van der Waals surface area (Å²) in [6.45, 7) is 2.03. The molecular formula is C6H5BrN4S. The highest BCUT2D eigenvalue weighted by atomic mass is 79.9. The molecule has 0 saturated heterocycles. The molecule has 4 nitrogen and oxygen atoms in total. The Morgan fingerprint density at radius 2 is 2.42 bits per heavy atom. The second-order valence-corrected chi connectivity index (χ2v) is 4.74. The van der Waals surface area contributed by atoms with Gasteiger partial charge in [-0.05, 0) is 44.9 Å². The summed E-state index contributed by atoms with van der Waals surface area (Å²) in [4.78, 5) is 1.08. The molecule has 0 aliphatic rings. The second-order valence-electron chi connectivity index (χ2n) is 2.31. The Labute approximate surface area is 81.1 Å². The van der Waals surface area contributed by atoms with Crippen LogP contribution in [0.15, 0.2) is 9.85 Å². The highest BCUT2D eigenvalue weighted by Gasteiger charge is 2.08. The minimum absolute atomic E-state index is 0.725. The molecule has 0 spiro atoms. The van der Waals surface area contributed by atoms with Crippen molar-refractivity contribution >= 4 is 27.3 Å². The van der Waals surface area contributed by atoms with Crippen LogP contribution in [0.3, 0.4) is 0 Å². The number of H-pyrrole nitrogens is 1. The van der Waals surface area contributed by atoms with Crippen LogP contribution in [0.25, 0.3) is 10.7 Å². The Bertz CT molecular complexity index is 380. The molecule has 2 heterocycles. The summed E-state index contributed by atoms with van der Waals surface area (Å²) in [5.74, 6) is 0.725. The Hall–Kier alpha value is -0.750. The summed E-state index contributed by atoms with van der Waals surface area (Å²) >= 11 is 5.02. The maximum absolute atomic E-state index is 3.83. The van der Waals surface area contributed by atoms with Gasteiger partial charge in [-0.2, -0.15) is 0 Å². The highest BCUT2D eigenvalue weighted by Crippen LogP contribution is 2.32. The van der Waals surface area contributed by atoms with Gasteiger partial charge < -0.3 is 0 Å². The van der Waals surface area contributed by atoms with Crippen LogP contribution in [0.2, 0.25) is 0 Å². The molecule has 0 amide bonds. The lowest BCUT2D eigenvalue weighted by Gasteiger charge is -1.88. The normalized spacial score (nSPS) is 10.5. The Morgan fingerprint density at radius 3 is 2.92 bits per heavy atom. The molecule has 0 fully saturated rings. The minimum atomic E-state index is 0.725. The smallest absolute Gasteiger partial charge is 0.189 e. The summed E-state index contributed by atoms with van der Waals surface area (Å²) < 4.78 is 1.09. The molecule has 0 bridgehead atoms. The van der Waals surface area contributed by atoms with E-state index in [4.69, 9.17) is 0 Å². The number of aromatic amines is 1. The fraction of sp³-hybridized carbons (Fsp3) is 0.167. The largest absolute Gasteiger partial charge is 0.238 e. The molecule has 6 heteroatoms. The van der Waals surface area contributed by atoms with Gasteiger partial charge >= 0.3 is 0 Å². The van der Waals surface area contributed by atoms with Crippen molar-refractivity contribution in [2.45, 2.75) is 6.92 Å². The van der Waals surface area contributed by atoms with E-state index >= 15 is 0 Å². The summed E-state index contributed by atoms with van der Waals surface area (Å²) in [5, 5.41) is 13.6. The minimum Gasteiger partial charge on any atom is -0.238 e. The van der Waals surface area contributed by atoms with Crippen LogP contribution >= 0.6 is 27.3 Å². The van der Waals surface area contributed by atoms with Gasteiger partial charge in [-0.25, -0.2) is 5.10 Å².